The number of benzene rings is 1. The maximum Gasteiger partial charge on any atom is 0.157 e. The Labute approximate surface area is 120 Å². The van der Waals surface area contributed by atoms with Gasteiger partial charge in [-0.1, -0.05) is 0 Å². The molecule has 5 heteroatoms. The molecule has 2 N–H and O–H groups in total. The molecule has 0 aromatic heterocycles. The molecule has 112 valence electrons. The van der Waals surface area contributed by atoms with E-state index in [4.69, 9.17) is 24.7 Å². The van der Waals surface area contributed by atoms with Crippen molar-refractivity contribution in [2.24, 2.45) is 0 Å². The van der Waals surface area contributed by atoms with Crippen molar-refractivity contribution in [1.82, 2.24) is 0 Å². The van der Waals surface area contributed by atoms with Gasteiger partial charge in [0, 0.05) is 12.3 Å². The van der Waals surface area contributed by atoms with E-state index in [1.165, 1.54) is 6.42 Å². The molecule has 1 heterocycles. The second-order valence-electron chi connectivity index (χ2n) is 4.70. The number of hydrogen-bond donors (Lipinski definition) is 1. The maximum absolute atomic E-state index is 5.59. The van der Waals surface area contributed by atoms with Gasteiger partial charge in [-0.25, -0.2) is 0 Å². The van der Waals surface area contributed by atoms with Gasteiger partial charge in [-0.3, -0.25) is 0 Å². The first-order valence-electron chi connectivity index (χ1n) is 7.14. The van der Waals surface area contributed by atoms with Crippen molar-refractivity contribution in [1.29, 1.82) is 0 Å². The standard InChI is InChI=1S/C15H23NO4/c16-13-4-6-14(7-5-13)18-11-9-17-10-12-20-15-3-1-2-8-19-15/h4-7,15H,1-3,8-12,16H2. The van der Waals surface area contributed by atoms with Gasteiger partial charge in [0.15, 0.2) is 6.29 Å². The van der Waals surface area contributed by atoms with Crippen molar-refractivity contribution in [3.05, 3.63) is 24.3 Å². The highest BCUT2D eigenvalue weighted by Gasteiger charge is 2.13. The molecular formula is C15H23NO4. The predicted octanol–water partition coefficient (Wildman–Crippen LogP) is 2.21. The maximum atomic E-state index is 5.59. The molecule has 0 saturated carbocycles. The number of anilines is 1. The number of nitrogens with two attached hydrogens (primary N) is 1. The smallest absolute Gasteiger partial charge is 0.157 e. The van der Waals surface area contributed by atoms with E-state index < -0.39 is 0 Å². The van der Waals surface area contributed by atoms with Crippen LogP contribution in [0.2, 0.25) is 0 Å². The van der Waals surface area contributed by atoms with Gasteiger partial charge in [0.25, 0.3) is 0 Å². The molecule has 20 heavy (non-hydrogen) atoms. The number of rotatable bonds is 8. The number of nitrogen functional groups attached to an aromatic ring is 1. The molecule has 1 aromatic carbocycles. The van der Waals surface area contributed by atoms with Crippen LogP contribution in [0.4, 0.5) is 5.69 Å². The zero-order chi connectivity index (χ0) is 14.0. The van der Waals surface area contributed by atoms with E-state index in [0.717, 1.165) is 30.9 Å². The van der Waals surface area contributed by atoms with Gasteiger partial charge in [0.05, 0.1) is 19.8 Å². The van der Waals surface area contributed by atoms with Crippen LogP contribution in [0.1, 0.15) is 19.3 Å². The van der Waals surface area contributed by atoms with Crippen LogP contribution in [0.25, 0.3) is 0 Å². The van der Waals surface area contributed by atoms with E-state index >= 15 is 0 Å². The Morgan fingerprint density at radius 2 is 1.85 bits per heavy atom. The van der Waals surface area contributed by atoms with Gasteiger partial charge in [-0.15, -0.1) is 0 Å². The van der Waals surface area contributed by atoms with Crippen molar-refractivity contribution >= 4 is 5.69 Å². The van der Waals surface area contributed by atoms with E-state index in [0.29, 0.717) is 26.4 Å². The fourth-order valence-corrected chi connectivity index (χ4v) is 1.97. The summed E-state index contributed by atoms with van der Waals surface area (Å²) in [4.78, 5) is 0. The van der Waals surface area contributed by atoms with E-state index in [1.54, 1.807) is 0 Å². The zero-order valence-electron chi connectivity index (χ0n) is 11.8. The highest BCUT2D eigenvalue weighted by Crippen LogP contribution is 2.14. The molecule has 1 aliphatic rings. The summed E-state index contributed by atoms with van der Waals surface area (Å²) in [5.74, 6) is 0.801. The third-order valence-corrected chi connectivity index (χ3v) is 3.05. The van der Waals surface area contributed by atoms with E-state index in [1.807, 2.05) is 24.3 Å². The summed E-state index contributed by atoms with van der Waals surface area (Å²) in [5, 5.41) is 0. The van der Waals surface area contributed by atoms with Crippen LogP contribution >= 0.6 is 0 Å². The molecule has 0 aliphatic carbocycles. The zero-order valence-corrected chi connectivity index (χ0v) is 11.8. The lowest BCUT2D eigenvalue weighted by atomic mass is 10.2. The van der Waals surface area contributed by atoms with Gasteiger partial charge >= 0.3 is 0 Å². The van der Waals surface area contributed by atoms with Crippen LogP contribution in [-0.4, -0.2) is 39.3 Å². The lowest BCUT2D eigenvalue weighted by Crippen LogP contribution is -2.24. The van der Waals surface area contributed by atoms with Crippen molar-refractivity contribution in [3.63, 3.8) is 0 Å². The summed E-state index contributed by atoms with van der Waals surface area (Å²) >= 11 is 0. The van der Waals surface area contributed by atoms with E-state index in [2.05, 4.69) is 0 Å². The molecule has 1 unspecified atom stereocenters. The third kappa shape index (κ3) is 5.77. The Bertz CT molecular complexity index is 363. The Morgan fingerprint density at radius 1 is 1.05 bits per heavy atom. The second kappa shape index (κ2) is 8.79. The minimum atomic E-state index is -0.0432. The van der Waals surface area contributed by atoms with Crippen LogP contribution in [-0.2, 0) is 14.2 Å². The fourth-order valence-electron chi connectivity index (χ4n) is 1.97. The van der Waals surface area contributed by atoms with Crippen LogP contribution in [0.3, 0.4) is 0 Å². The van der Waals surface area contributed by atoms with E-state index in [9.17, 15) is 0 Å². The lowest BCUT2D eigenvalue weighted by Gasteiger charge is -2.22. The molecule has 1 fully saturated rings. The topological polar surface area (TPSA) is 62.9 Å². The van der Waals surface area contributed by atoms with Gasteiger partial charge in [0.1, 0.15) is 12.4 Å². The van der Waals surface area contributed by atoms with Crippen molar-refractivity contribution in [2.45, 2.75) is 25.6 Å². The first kappa shape index (κ1) is 15.1. The van der Waals surface area contributed by atoms with Gasteiger partial charge in [-0.05, 0) is 43.5 Å². The molecule has 0 amide bonds. The van der Waals surface area contributed by atoms with Gasteiger partial charge in [0.2, 0.25) is 0 Å². The minimum Gasteiger partial charge on any atom is -0.491 e. The van der Waals surface area contributed by atoms with Crippen molar-refractivity contribution in [2.75, 3.05) is 38.8 Å². The third-order valence-electron chi connectivity index (χ3n) is 3.05. The summed E-state index contributed by atoms with van der Waals surface area (Å²) < 4.78 is 22.0. The molecular weight excluding hydrogens is 258 g/mol. The highest BCUT2D eigenvalue weighted by molar-refractivity contribution is 5.41. The average molecular weight is 281 g/mol. The summed E-state index contributed by atoms with van der Waals surface area (Å²) in [7, 11) is 0. The Balaban J connectivity index is 1.44. The highest BCUT2D eigenvalue weighted by atomic mass is 16.7. The summed E-state index contributed by atoms with van der Waals surface area (Å²) in [5.41, 5.74) is 6.33. The average Bonchev–Trinajstić information content (AvgIpc) is 2.49. The largest absolute Gasteiger partial charge is 0.491 e. The fraction of sp³-hybridized carbons (Fsp3) is 0.600. The van der Waals surface area contributed by atoms with Crippen LogP contribution in [0, 0.1) is 0 Å². The first-order chi connectivity index (χ1) is 9.84. The van der Waals surface area contributed by atoms with Crippen LogP contribution in [0.5, 0.6) is 5.75 Å². The monoisotopic (exact) mass is 281 g/mol. The molecule has 0 radical (unpaired) electrons. The Kier molecular flexibility index (Phi) is 6.63. The van der Waals surface area contributed by atoms with Crippen LogP contribution in [0.15, 0.2) is 24.3 Å². The first-order valence-corrected chi connectivity index (χ1v) is 7.14. The predicted molar refractivity (Wildman–Crippen MR) is 76.7 cm³/mol. The molecule has 1 atom stereocenters. The SMILES string of the molecule is Nc1ccc(OCCOCCOC2CCCCO2)cc1. The molecule has 0 spiro atoms. The van der Waals surface area contributed by atoms with Crippen molar-refractivity contribution < 1.29 is 18.9 Å². The molecule has 5 nitrogen and oxygen atoms in total. The molecule has 1 aromatic rings. The summed E-state index contributed by atoms with van der Waals surface area (Å²) in [6.07, 6.45) is 3.26. The molecule has 1 saturated heterocycles. The minimum absolute atomic E-state index is 0.0432. The van der Waals surface area contributed by atoms with Crippen molar-refractivity contribution in [3.8, 4) is 5.75 Å². The van der Waals surface area contributed by atoms with Gasteiger partial charge in [-0.2, -0.15) is 0 Å². The van der Waals surface area contributed by atoms with Gasteiger partial charge < -0.3 is 24.7 Å². The Morgan fingerprint density at radius 3 is 2.60 bits per heavy atom. The summed E-state index contributed by atoms with van der Waals surface area (Å²) in [6, 6.07) is 7.32. The second-order valence-corrected chi connectivity index (χ2v) is 4.70. The summed E-state index contributed by atoms with van der Waals surface area (Å²) in [6.45, 7) is 2.99. The molecule has 1 aliphatic heterocycles. The molecule has 0 bridgehead atoms. The quantitative estimate of drug-likeness (QED) is 0.584. The van der Waals surface area contributed by atoms with Crippen LogP contribution < -0.4 is 10.5 Å². The normalized spacial score (nSPS) is 18.9. The molecule has 2 rings (SSSR count). The lowest BCUT2D eigenvalue weighted by molar-refractivity contribution is -0.169. The number of ether oxygens (including phenoxy) is 4. The Hall–Kier alpha value is -1.30. The van der Waals surface area contributed by atoms with E-state index in [-0.39, 0.29) is 6.29 Å². The number of hydrogen-bond acceptors (Lipinski definition) is 5.